The molecule has 2 rings (SSSR count). The van der Waals surface area contributed by atoms with Gasteiger partial charge in [0.1, 0.15) is 11.2 Å². The first kappa shape index (κ1) is 17.5. The fraction of sp³-hybridized carbons (Fsp3) is 0.556. The summed E-state index contributed by atoms with van der Waals surface area (Å²) >= 11 is 0. The highest BCUT2D eigenvalue weighted by molar-refractivity contribution is 6.05. The van der Waals surface area contributed by atoms with Gasteiger partial charge in [0.2, 0.25) is 0 Å². The van der Waals surface area contributed by atoms with Crippen LogP contribution in [0.4, 0.5) is 0 Å². The molecule has 0 fully saturated rings. The summed E-state index contributed by atoms with van der Waals surface area (Å²) in [5, 5.41) is 11.1. The summed E-state index contributed by atoms with van der Waals surface area (Å²) in [6, 6.07) is 3.42. The van der Waals surface area contributed by atoms with Crippen molar-refractivity contribution in [1.29, 1.82) is 0 Å². The van der Waals surface area contributed by atoms with Crippen LogP contribution in [0.15, 0.2) is 18.3 Å². The first-order chi connectivity index (χ1) is 10.4. The van der Waals surface area contributed by atoms with Gasteiger partial charge in [0, 0.05) is 17.3 Å². The molecule has 1 atom stereocenters. The van der Waals surface area contributed by atoms with Crippen LogP contribution in [0.2, 0.25) is 0 Å². The van der Waals surface area contributed by atoms with E-state index in [1.54, 1.807) is 26.1 Å². The second-order valence-corrected chi connectivity index (χ2v) is 7.54. The van der Waals surface area contributed by atoms with Crippen LogP contribution >= 0.6 is 0 Å². The van der Waals surface area contributed by atoms with E-state index in [-0.39, 0.29) is 12.0 Å². The molecule has 0 amide bonds. The molecule has 0 saturated carbocycles. The number of hydrogen-bond acceptors (Lipinski definition) is 4. The smallest absolute Gasteiger partial charge is 0.341 e. The topological polar surface area (TPSA) is 64.3 Å². The predicted octanol–water partition coefficient (Wildman–Crippen LogP) is 3.63. The van der Waals surface area contributed by atoms with E-state index in [2.05, 4.69) is 4.98 Å². The van der Waals surface area contributed by atoms with Gasteiger partial charge in [-0.1, -0.05) is 0 Å². The Morgan fingerprint density at radius 2 is 1.91 bits per heavy atom. The highest BCUT2D eigenvalue weighted by Gasteiger charge is 2.31. The third kappa shape index (κ3) is 3.39. The van der Waals surface area contributed by atoms with Crippen molar-refractivity contribution < 1.29 is 14.6 Å². The first-order valence-corrected chi connectivity index (χ1v) is 7.84. The van der Waals surface area contributed by atoms with E-state index < -0.39 is 11.2 Å². The number of fused-ring (bicyclic) bond motifs is 1. The number of aromatic nitrogens is 2. The summed E-state index contributed by atoms with van der Waals surface area (Å²) < 4.78 is 7.46. The summed E-state index contributed by atoms with van der Waals surface area (Å²) in [6.45, 7) is 12.8. The number of nitrogens with zero attached hydrogens (tertiary/aromatic N) is 2. The van der Waals surface area contributed by atoms with E-state index in [1.165, 1.54) is 0 Å². The monoisotopic (exact) mass is 318 g/mol. The maximum atomic E-state index is 12.7. The molecular weight excluding hydrogens is 292 g/mol. The molecule has 0 aliphatic heterocycles. The molecule has 5 nitrogen and oxygen atoms in total. The number of carbonyl (C=O) groups excluding carboxylic acids is 1. The van der Waals surface area contributed by atoms with Gasteiger partial charge in [-0.15, -0.1) is 0 Å². The van der Waals surface area contributed by atoms with Crippen LogP contribution in [0.5, 0.6) is 0 Å². The average Bonchev–Trinajstić information content (AvgIpc) is 2.66. The Kier molecular flexibility index (Phi) is 4.28. The third-order valence-electron chi connectivity index (χ3n) is 4.02. The molecule has 126 valence electrons. The number of pyridine rings is 1. The fourth-order valence-corrected chi connectivity index (χ4v) is 2.63. The molecule has 0 saturated heterocycles. The lowest BCUT2D eigenvalue weighted by Gasteiger charge is -2.29. The third-order valence-corrected chi connectivity index (χ3v) is 4.02. The van der Waals surface area contributed by atoms with Crippen molar-refractivity contribution in [3.05, 3.63) is 29.6 Å². The quantitative estimate of drug-likeness (QED) is 0.878. The van der Waals surface area contributed by atoms with Crippen LogP contribution in [0.1, 0.15) is 63.6 Å². The molecule has 2 aromatic rings. The summed E-state index contributed by atoms with van der Waals surface area (Å²) in [6.07, 6.45) is 1.69. The van der Waals surface area contributed by atoms with E-state index in [9.17, 15) is 9.90 Å². The zero-order valence-corrected chi connectivity index (χ0v) is 15.0. The van der Waals surface area contributed by atoms with E-state index in [4.69, 9.17) is 4.74 Å². The zero-order chi connectivity index (χ0) is 17.6. The van der Waals surface area contributed by atoms with E-state index >= 15 is 0 Å². The number of esters is 1. The Morgan fingerprint density at radius 1 is 1.30 bits per heavy atom. The molecule has 2 heterocycles. The number of ether oxygens (including phenoxy) is 1. The van der Waals surface area contributed by atoms with Crippen LogP contribution < -0.4 is 0 Å². The molecule has 2 aromatic heterocycles. The summed E-state index contributed by atoms with van der Waals surface area (Å²) in [5.74, 6) is -0.366. The predicted molar refractivity (Wildman–Crippen MR) is 90.6 cm³/mol. The largest absolute Gasteiger partial charge is 0.456 e. The van der Waals surface area contributed by atoms with Gasteiger partial charge in [0.15, 0.2) is 0 Å². The summed E-state index contributed by atoms with van der Waals surface area (Å²) in [5.41, 5.74) is 0.434. The van der Waals surface area contributed by atoms with Crippen LogP contribution in [0.25, 0.3) is 11.0 Å². The molecule has 0 radical (unpaired) electrons. The number of aliphatic hydroxyl groups is 1. The number of carbonyl (C=O) groups is 1. The Balaban J connectivity index is 2.68. The van der Waals surface area contributed by atoms with Crippen molar-refractivity contribution in [2.24, 2.45) is 0 Å². The maximum Gasteiger partial charge on any atom is 0.341 e. The van der Waals surface area contributed by atoms with E-state index in [0.717, 1.165) is 11.1 Å². The highest BCUT2D eigenvalue weighted by Crippen LogP contribution is 2.33. The fourth-order valence-electron chi connectivity index (χ4n) is 2.63. The zero-order valence-electron chi connectivity index (χ0n) is 15.0. The second kappa shape index (κ2) is 5.64. The van der Waals surface area contributed by atoms with Gasteiger partial charge >= 0.3 is 5.97 Å². The molecule has 0 bridgehead atoms. The van der Waals surface area contributed by atoms with Crippen molar-refractivity contribution >= 4 is 17.0 Å². The van der Waals surface area contributed by atoms with Crippen LogP contribution in [-0.4, -0.2) is 31.8 Å². The standard InChI is InChI=1S/C18H26N2O3/c1-11-14(16(21)23-17(3,4)5)13-9-8-10-19-15(13)20(11)12(2)18(6,7)22/h8-10,12,22H,1-7H3. The van der Waals surface area contributed by atoms with Gasteiger partial charge in [0.05, 0.1) is 17.2 Å². The minimum Gasteiger partial charge on any atom is -0.456 e. The van der Waals surface area contributed by atoms with Gasteiger partial charge in [-0.25, -0.2) is 9.78 Å². The SMILES string of the molecule is Cc1c(C(=O)OC(C)(C)C)c2cccnc2n1C(C)C(C)(C)O. The van der Waals surface area contributed by atoms with Crippen molar-refractivity contribution in [3.8, 4) is 0 Å². The number of rotatable bonds is 3. The minimum absolute atomic E-state index is 0.240. The van der Waals surface area contributed by atoms with E-state index in [0.29, 0.717) is 11.2 Å². The average molecular weight is 318 g/mol. The second-order valence-electron chi connectivity index (χ2n) is 7.54. The maximum absolute atomic E-state index is 12.7. The van der Waals surface area contributed by atoms with Crippen molar-refractivity contribution in [2.75, 3.05) is 0 Å². The Morgan fingerprint density at radius 3 is 2.43 bits per heavy atom. The molecule has 5 heteroatoms. The molecule has 0 spiro atoms. The van der Waals surface area contributed by atoms with Crippen LogP contribution in [0.3, 0.4) is 0 Å². The molecule has 1 N–H and O–H groups in total. The van der Waals surface area contributed by atoms with Gasteiger partial charge in [0.25, 0.3) is 0 Å². The molecular formula is C18H26N2O3. The summed E-state index contributed by atoms with van der Waals surface area (Å²) in [4.78, 5) is 17.1. The lowest BCUT2D eigenvalue weighted by Crippen LogP contribution is -2.32. The normalized spacial score (nSPS) is 14.1. The molecule has 1 unspecified atom stereocenters. The number of hydrogen-bond donors (Lipinski definition) is 1. The Hall–Kier alpha value is -1.88. The molecule has 0 aliphatic rings. The van der Waals surface area contributed by atoms with Gasteiger partial charge < -0.3 is 14.4 Å². The van der Waals surface area contributed by atoms with E-state index in [1.807, 2.05) is 45.3 Å². The van der Waals surface area contributed by atoms with Crippen molar-refractivity contribution in [1.82, 2.24) is 9.55 Å². The Labute approximate surface area is 137 Å². The van der Waals surface area contributed by atoms with Gasteiger partial charge in [-0.05, 0) is 60.6 Å². The molecule has 23 heavy (non-hydrogen) atoms. The van der Waals surface area contributed by atoms with Gasteiger partial charge in [-0.3, -0.25) is 0 Å². The summed E-state index contributed by atoms with van der Waals surface area (Å²) in [7, 11) is 0. The minimum atomic E-state index is -0.945. The lowest BCUT2D eigenvalue weighted by molar-refractivity contribution is 0.00671. The Bertz CT molecular complexity index is 733. The van der Waals surface area contributed by atoms with Crippen molar-refractivity contribution in [3.63, 3.8) is 0 Å². The highest BCUT2D eigenvalue weighted by atomic mass is 16.6. The lowest BCUT2D eigenvalue weighted by atomic mass is 10.0. The van der Waals surface area contributed by atoms with Crippen molar-refractivity contribution in [2.45, 2.75) is 65.7 Å². The van der Waals surface area contributed by atoms with Crippen LogP contribution in [-0.2, 0) is 4.74 Å². The van der Waals surface area contributed by atoms with Crippen LogP contribution in [0, 0.1) is 6.92 Å². The molecule has 0 aliphatic carbocycles. The molecule has 0 aromatic carbocycles. The first-order valence-electron chi connectivity index (χ1n) is 7.84. The van der Waals surface area contributed by atoms with Gasteiger partial charge in [-0.2, -0.15) is 0 Å².